The molecule has 1 aromatic heterocycles. The number of hydrogen-bond acceptors (Lipinski definition) is 6. The van der Waals surface area contributed by atoms with Crippen LogP contribution in [0.1, 0.15) is 32.6 Å². The van der Waals surface area contributed by atoms with Gasteiger partial charge in [-0.05, 0) is 48.6 Å². The normalized spacial score (nSPS) is 29.4. The Morgan fingerprint density at radius 2 is 2.05 bits per heavy atom. The highest BCUT2D eigenvalue weighted by molar-refractivity contribution is 5.22. The Labute approximate surface area is 113 Å². The summed E-state index contributed by atoms with van der Waals surface area (Å²) in [7, 11) is 0. The van der Waals surface area contributed by atoms with Gasteiger partial charge in [0, 0.05) is 6.54 Å². The number of rotatable bonds is 6. The minimum absolute atomic E-state index is 0.197. The van der Waals surface area contributed by atoms with E-state index in [1.807, 2.05) is 0 Å². The van der Waals surface area contributed by atoms with Gasteiger partial charge in [-0.1, -0.05) is 13.3 Å². The zero-order chi connectivity index (χ0) is 13.1. The number of ether oxygens (including phenoxy) is 2. The minimum Gasteiger partial charge on any atom is -0.472 e. The average molecular weight is 267 g/mol. The lowest BCUT2D eigenvalue weighted by Gasteiger charge is -2.43. The second-order valence-corrected chi connectivity index (χ2v) is 5.37. The second-order valence-electron chi connectivity index (χ2n) is 5.37. The molecule has 6 nitrogen and oxygen atoms in total. The van der Waals surface area contributed by atoms with Gasteiger partial charge in [-0.2, -0.15) is 0 Å². The molecule has 4 heterocycles. The molecule has 3 fully saturated rings. The van der Waals surface area contributed by atoms with E-state index in [4.69, 9.17) is 14.1 Å². The van der Waals surface area contributed by atoms with Gasteiger partial charge >= 0.3 is 11.8 Å². The van der Waals surface area contributed by atoms with Crippen molar-refractivity contribution >= 4 is 0 Å². The first-order valence-electron chi connectivity index (χ1n) is 7.21. The highest BCUT2D eigenvalue weighted by Crippen LogP contribution is 2.32. The zero-order valence-corrected chi connectivity index (χ0v) is 11.4. The molecule has 0 saturated carbocycles. The molecule has 0 aliphatic carbocycles. The van der Waals surface area contributed by atoms with Crippen LogP contribution in [0.25, 0.3) is 0 Å². The highest BCUT2D eigenvalue weighted by Gasteiger charge is 2.36. The van der Waals surface area contributed by atoms with Crippen molar-refractivity contribution in [2.24, 2.45) is 5.92 Å². The first-order valence-corrected chi connectivity index (χ1v) is 7.21. The predicted octanol–water partition coefficient (Wildman–Crippen LogP) is 1.72. The number of hydrogen-bond donors (Lipinski definition) is 0. The van der Waals surface area contributed by atoms with Crippen LogP contribution in [0.3, 0.4) is 0 Å². The lowest BCUT2D eigenvalue weighted by Crippen LogP contribution is -2.52. The molecule has 0 spiro atoms. The molecule has 0 radical (unpaired) electrons. The van der Waals surface area contributed by atoms with E-state index in [1.165, 1.54) is 25.9 Å². The zero-order valence-electron chi connectivity index (χ0n) is 11.4. The molecule has 1 aromatic rings. The summed E-state index contributed by atoms with van der Waals surface area (Å²) in [6.07, 6.45) is 4.69. The van der Waals surface area contributed by atoms with Crippen LogP contribution in [0.2, 0.25) is 0 Å². The van der Waals surface area contributed by atoms with E-state index in [1.54, 1.807) is 0 Å². The molecule has 106 valence electrons. The Bertz CT molecular complexity index is 402. The molecule has 4 rings (SSSR count). The molecule has 19 heavy (non-hydrogen) atoms. The molecule has 3 aliphatic rings. The van der Waals surface area contributed by atoms with E-state index in [0.29, 0.717) is 24.3 Å². The van der Waals surface area contributed by atoms with Gasteiger partial charge < -0.3 is 9.47 Å². The summed E-state index contributed by atoms with van der Waals surface area (Å²) in [6, 6.07) is 0. The maximum atomic E-state index is 5.96. The number of aromatic nitrogens is 2. The first-order chi connectivity index (χ1) is 9.36. The van der Waals surface area contributed by atoms with Crippen LogP contribution in [-0.2, 0) is 0 Å². The Kier molecular flexibility index (Phi) is 3.87. The van der Waals surface area contributed by atoms with Gasteiger partial charge in [0.1, 0.15) is 6.10 Å². The maximum absolute atomic E-state index is 5.96. The van der Waals surface area contributed by atoms with E-state index >= 15 is 0 Å². The number of piperidine rings is 3. The summed E-state index contributed by atoms with van der Waals surface area (Å²) in [6.45, 7) is 6.12. The van der Waals surface area contributed by atoms with Gasteiger partial charge in [0.25, 0.3) is 0 Å². The summed E-state index contributed by atoms with van der Waals surface area (Å²) in [4.78, 5) is 2.44. The molecule has 0 unspecified atom stereocenters. The van der Waals surface area contributed by atoms with Crippen molar-refractivity contribution in [2.45, 2.75) is 38.7 Å². The largest absolute Gasteiger partial charge is 0.472 e. The Balaban J connectivity index is 1.59. The molecule has 0 aromatic carbocycles. The van der Waals surface area contributed by atoms with Crippen molar-refractivity contribution in [1.82, 2.24) is 15.2 Å². The second kappa shape index (κ2) is 5.77. The van der Waals surface area contributed by atoms with Gasteiger partial charge in [-0.3, -0.25) is 4.90 Å². The van der Waals surface area contributed by atoms with Crippen molar-refractivity contribution in [2.75, 3.05) is 26.2 Å². The monoisotopic (exact) mass is 267 g/mol. The van der Waals surface area contributed by atoms with Crippen LogP contribution < -0.4 is 9.47 Å². The van der Waals surface area contributed by atoms with Crippen molar-refractivity contribution in [3.05, 3.63) is 0 Å². The van der Waals surface area contributed by atoms with Crippen LogP contribution in [0.15, 0.2) is 4.63 Å². The van der Waals surface area contributed by atoms with Crippen molar-refractivity contribution in [3.8, 4) is 11.8 Å². The van der Waals surface area contributed by atoms with Gasteiger partial charge in [-0.25, -0.2) is 4.63 Å². The molecule has 3 aliphatic heterocycles. The fourth-order valence-corrected chi connectivity index (χ4v) is 2.83. The number of nitrogens with zero attached hydrogens (tertiary/aromatic N) is 3. The highest BCUT2D eigenvalue weighted by atomic mass is 16.6. The maximum Gasteiger partial charge on any atom is 0.320 e. The first kappa shape index (κ1) is 12.7. The third kappa shape index (κ3) is 2.83. The molecular formula is C13H21N3O3. The third-order valence-electron chi connectivity index (χ3n) is 4.03. The Morgan fingerprint density at radius 3 is 2.74 bits per heavy atom. The van der Waals surface area contributed by atoms with E-state index in [-0.39, 0.29) is 6.10 Å². The predicted molar refractivity (Wildman–Crippen MR) is 68.3 cm³/mol. The lowest BCUT2D eigenvalue weighted by molar-refractivity contribution is -0.0125. The molecule has 1 atom stereocenters. The topological polar surface area (TPSA) is 60.6 Å². The standard InChI is InChI=1S/C13H21N3O3/c1-2-3-8-17-12-13(15-19-14-12)18-11-9-16-6-4-10(11)5-7-16/h10-11H,2-9H2,1H3/t11-/m1/s1. The van der Waals surface area contributed by atoms with E-state index in [9.17, 15) is 0 Å². The third-order valence-corrected chi connectivity index (χ3v) is 4.03. The molecular weight excluding hydrogens is 246 g/mol. The Morgan fingerprint density at radius 1 is 1.26 bits per heavy atom. The van der Waals surface area contributed by atoms with E-state index < -0.39 is 0 Å². The SMILES string of the molecule is CCCCOc1nonc1O[C@@H]1CN2CCC1CC2. The molecule has 3 saturated heterocycles. The molecule has 2 bridgehead atoms. The summed E-state index contributed by atoms with van der Waals surface area (Å²) < 4.78 is 16.2. The Hall–Kier alpha value is -1.30. The summed E-state index contributed by atoms with van der Waals surface area (Å²) >= 11 is 0. The fourth-order valence-electron chi connectivity index (χ4n) is 2.83. The van der Waals surface area contributed by atoms with Gasteiger partial charge in [0.2, 0.25) is 0 Å². The fraction of sp³-hybridized carbons (Fsp3) is 0.846. The van der Waals surface area contributed by atoms with Crippen LogP contribution >= 0.6 is 0 Å². The number of fused-ring (bicyclic) bond motifs is 3. The minimum atomic E-state index is 0.197. The van der Waals surface area contributed by atoms with Crippen LogP contribution in [0.4, 0.5) is 0 Å². The van der Waals surface area contributed by atoms with E-state index in [0.717, 1.165) is 19.4 Å². The van der Waals surface area contributed by atoms with Gasteiger partial charge in [0.15, 0.2) is 0 Å². The molecule has 6 heteroatoms. The smallest absolute Gasteiger partial charge is 0.320 e. The van der Waals surface area contributed by atoms with Crippen LogP contribution in [-0.4, -0.2) is 47.6 Å². The lowest BCUT2D eigenvalue weighted by atomic mass is 9.86. The molecule has 0 amide bonds. The van der Waals surface area contributed by atoms with Crippen molar-refractivity contribution in [1.29, 1.82) is 0 Å². The summed E-state index contributed by atoms with van der Waals surface area (Å²) in [5.41, 5.74) is 0. The summed E-state index contributed by atoms with van der Waals surface area (Å²) in [5.74, 6) is 1.44. The quantitative estimate of drug-likeness (QED) is 0.731. The summed E-state index contributed by atoms with van der Waals surface area (Å²) in [5, 5.41) is 7.59. The van der Waals surface area contributed by atoms with Crippen molar-refractivity contribution < 1.29 is 14.1 Å². The molecule has 0 N–H and O–H groups in total. The van der Waals surface area contributed by atoms with Gasteiger partial charge in [0.05, 0.1) is 6.61 Å². The van der Waals surface area contributed by atoms with Crippen LogP contribution in [0.5, 0.6) is 11.8 Å². The van der Waals surface area contributed by atoms with Crippen LogP contribution in [0, 0.1) is 5.92 Å². The van der Waals surface area contributed by atoms with Crippen molar-refractivity contribution in [3.63, 3.8) is 0 Å². The number of unbranched alkanes of at least 4 members (excludes halogenated alkanes) is 1. The van der Waals surface area contributed by atoms with Gasteiger partial charge in [-0.15, -0.1) is 0 Å². The van der Waals surface area contributed by atoms with E-state index in [2.05, 4.69) is 22.1 Å². The average Bonchev–Trinajstić information content (AvgIpc) is 2.88.